The maximum absolute atomic E-state index is 12.6. The molecule has 2 rings (SSSR count). The molecule has 33 heavy (non-hydrogen) atoms. The maximum atomic E-state index is 12.6. The Labute approximate surface area is 195 Å². The van der Waals surface area contributed by atoms with Crippen LogP contribution < -0.4 is 11.5 Å². The number of aromatic hydroxyl groups is 2. The van der Waals surface area contributed by atoms with Gasteiger partial charge in [0.05, 0.1) is 0 Å². The second kappa shape index (κ2) is 10.3. The summed E-state index contributed by atoms with van der Waals surface area (Å²) in [6.07, 6.45) is 1.36. The van der Waals surface area contributed by atoms with Crippen LogP contribution in [-0.4, -0.2) is 33.6 Å². The topological polar surface area (TPSA) is 136 Å². The number of hydrogen-bond acceptors (Lipinski definition) is 7. The molecule has 180 valence electrons. The minimum absolute atomic E-state index is 0.0577. The van der Waals surface area contributed by atoms with Gasteiger partial charge in [0.2, 0.25) is 0 Å². The number of anilines is 1. The van der Waals surface area contributed by atoms with Crippen molar-refractivity contribution in [3.63, 3.8) is 0 Å². The number of hydrogen-bond donors (Lipinski definition) is 4. The van der Waals surface area contributed by atoms with E-state index in [9.17, 15) is 19.8 Å². The molecule has 0 aliphatic carbocycles. The van der Waals surface area contributed by atoms with Gasteiger partial charge in [0.15, 0.2) is 0 Å². The second-order valence-corrected chi connectivity index (χ2v) is 9.85. The molecule has 7 heteroatoms. The zero-order chi connectivity index (χ0) is 25.0. The Bertz CT molecular complexity index is 996. The van der Waals surface area contributed by atoms with Gasteiger partial charge in [0, 0.05) is 23.9 Å². The zero-order valence-corrected chi connectivity index (χ0v) is 20.1. The van der Waals surface area contributed by atoms with E-state index in [2.05, 4.69) is 0 Å². The van der Waals surface area contributed by atoms with E-state index in [1.807, 2.05) is 20.8 Å². The molecular formula is C26H36N2O5. The van der Waals surface area contributed by atoms with Gasteiger partial charge in [-0.1, -0.05) is 32.9 Å². The minimum atomic E-state index is -0.914. The monoisotopic (exact) mass is 456 g/mol. The Morgan fingerprint density at radius 2 is 1.61 bits per heavy atom. The summed E-state index contributed by atoms with van der Waals surface area (Å²) in [6, 6.07) is 8.88. The summed E-state index contributed by atoms with van der Waals surface area (Å²) in [6.45, 7) is 9.04. The Balaban J connectivity index is 2.08. The summed E-state index contributed by atoms with van der Waals surface area (Å²) in [4.78, 5) is 24.8. The molecule has 0 aliphatic heterocycles. The van der Waals surface area contributed by atoms with Gasteiger partial charge in [-0.25, -0.2) is 0 Å². The van der Waals surface area contributed by atoms with Crippen LogP contribution in [0.5, 0.6) is 11.5 Å². The smallest absolute Gasteiger partial charge is 0.323 e. The van der Waals surface area contributed by atoms with E-state index in [1.54, 1.807) is 38.1 Å². The number of nitrogens with two attached hydrogens (primary N) is 2. The summed E-state index contributed by atoms with van der Waals surface area (Å²) in [5.41, 5.74) is 13.3. The Morgan fingerprint density at radius 3 is 2.18 bits per heavy atom. The fraction of sp³-hybridized carbons (Fsp3) is 0.462. The lowest BCUT2D eigenvalue weighted by Gasteiger charge is -2.28. The number of phenolic OH excluding ortho intramolecular Hbond substituents is 2. The molecule has 1 atom stereocenters. The number of phenols is 2. The van der Waals surface area contributed by atoms with Crippen molar-refractivity contribution >= 4 is 17.4 Å². The molecule has 0 fully saturated rings. The standard InChI is InChI=1S/C26H36N2O5/c1-6-23(31)25(2,3)14-18-12-20(27)17(13-22(18)30)15-26(4,5)33-24(32)21(28)11-16-7-9-19(29)10-8-16/h7-10,12-13,21,29-30H,6,11,14-15,27-28H2,1-5H3/t21-/m0/s1. The molecule has 0 amide bonds. The number of carbonyl (C=O) groups excluding carboxylic acids is 2. The highest BCUT2D eigenvalue weighted by molar-refractivity contribution is 5.84. The number of ether oxygens (including phenoxy) is 1. The lowest BCUT2D eigenvalue weighted by atomic mass is 9.80. The molecule has 2 aromatic rings. The molecule has 0 unspecified atom stereocenters. The fourth-order valence-electron chi connectivity index (χ4n) is 3.86. The number of rotatable bonds is 10. The molecule has 0 heterocycles. The first-order valence-corrected chi connectivity index (χ1v) is 11.1. The van der Waals surface area contributed by atoms with Gasteiger partial charge < -0.3 is 26.4 Å². The Morgan fingerprint density at radius 1 is 1.00 bits per heavy atom. The summed E-state index contributed by atoms with van der Waals surface area (Å²) in [7, 11) is 0. The molecular weight excluding hydrogens is 420 g/mol. The molecule has 0 radical (unpaired) electrons. The van der Waals surface area contributed by atoms with Crippen molar-refractivity contribution in [3.8, 4) is 11.5 Å². The fourth-order valence-corrected chi connectivity index (χ4v) is 3.86. The van der Waals surface area contributed by atoms with E-state index in [0.717, 1.165) is 5.56 Å². The first kappa shape index (κ1) is 26.2. The number of nitrogen functional groups attached to an aromatic ring is 1. The zero-order valence-electron chi connectivity index (χ0n) is 20.1. The second-order valence-electron chi connectivity index (χ2n) is 9.85. The molecule has 0 saturated carbocycles. The van der Waals surface area contributed by atoms with Gasteiger partial charge in [0.1, 0.15) is 28.9 Å². The van der Waals surface area contributed by atoms with Crippen LogP contribution in [0.3, 0.4) is 0 Å². The van der Waals surface area contributed by atoms with E-state index in [-0.39, 0.29) is 30.1 Å². The van der Waals surface area contributed by atoms with Gasteiger partial charge in [-0.15, -0.1) is 0 Å². The van der Waals surface area contributed by atoms with Crippen molar-refractivity contribution < 1.29 is 24.5 Å². The van der Waals surface area contributed by atoms with Crippen LogP contribution >= 0.6 is 0 Å². The molecule has 0 spiro atoms. The first-order chi connectivity index (χ1) is 15.2. The number of Topliss-reactive ketones (excluding diaryl/α,β-unsaturated/α-hetero) is 1. The van der Waals surface area contributed by atoms with Crippen molar-refractivity contribution in [1.29, 1.82) is 0 Å². The highest BCUT2D eigenvalue weighted by atomic mass is 16.6. The van der Waals surface area contributed by atoms with Gasteiger partial charge in [-0.3, -0.25) is 9.59 Å². The third-order valence-corrected chi connectivity index (χ3v) is 5.74. The molecule has 0 aromatic heterocycles. The summed E-state index contributed by atoms with van der Waals surface area (Å²) in [5.74, 6) is -0.237. The van der Waals surface area contributed by atoms with E-state index in [4.69, 9.17) is 16.2 Å². The highest BCUT2D eigenvalue weighted by Gasteiger charge is 2.30. The van der Waals surface area contributed by atoms with Crippen LogP contribution in [0.15, 0.2) is 36.4 Å². The lowest BCUT2D eigenvalue weighted by molar-refractivity contribution is -0.157. The van der Waals surface area contributed by atoms with Crippen molar-refractivity contribution in [1.82, 2.24) is 0 Å². The van der Waals surface area contributed by atoms with Crippen molar-refractivity contribution in [2.45, 2.75) is 71.9 Å². The molecule has 0 saturated heterocycles. The van der Waals surface area contributed by atoms with Gasteiger partial charge in [0.25, 0.3) is 0 Å². The van der Waals surface area contributed by atoms with Gasteiger partial charge >= 0.3 is 5.97 Å². The lowest BCUT2D eigenvalue weighted by Crippen LogP contribution is -2.41. The SMILES string of the molecule is CCC(=O)C(C)(C)Cc1cc(N)c(CC(C)(C)OC(=O)[C@@H](N)Cc2ccc(O)cc2)cc1O. The van der Waals surface area contributed by atoms with E-state index in [1.165, 1.54) is 12.1 Å². The Hall–Kier alpha value is -3.06. The quantitative estimate of drug-likeness (QED) is 0.243. The largest absolute Gasteiger partial charge is 0.508 e. The number of esters is 1. The summed E-state index contributed by atoms with van der Waals surface area (Å²) >= 11 is 0. The Kier molecular flexibility index (Phi) is 8.14. The predicted molar refractivity (Wildman–Crippen MR) is 129 cm³/mol. The van der Waals surface area contributed by atoms with Crippen LogP contribution in [0.1, 0.15) is 57.7 Å². The maximum Gasteiger partial charge on any atom is 0.323 e. The molecule has 2 aromatic carbocycles. The van der Waals surface area contributed by atoms with Crippen LogP contribution in [-0.2, 0) is 33.6 Å². The summed E-state index contributed by atoms with van der Waals surface area (Å²) < 4.78 is 5.66. The van der Waals surface area contributed by atoms with Gasteiger partial charge in [-0.2, -0.15) is 0 Å². The van der Waals surface area contributed by atoms with Crippen LogP contribution in [0.25, 0.3) is 0 Å². The average molecular weight is 457 g/mol. The van der Waals surface area contributed by atoms with Crippen LogP contribution in [0.4, 0.5) is 5.69 Å². The van der Waals surface area contributed by atoms with Gasteiger partial charge in [-0.05, 0) is 67.6 Å². The van der Waals surface area contributed by atoms with E-state index < -0.39 is 23.0 Å². The number of ketones is 1. The van der Waals surface area contributed by atoms with E-state index >= 15 is 0 Å². The molecule has 0 aliphatic rings. The van der Waals surface area contributed by atoms with Crippen molar-refractivity contribution in [3.05, 3.63) is 53.1 Å². The number of benzene rings is 2. The average Bonchev–Trinajstić information content (AvgIpc) is 2.71. The van der Waals surface area contributed by atoms with Crippen molar-refractivity contribution in [2.24, 2.45) is 11.1 Å². The normalized spacial score (nSPS) is 12.9. The third-order valence-electron chi connectivity index (χ3n) is 5.74. The van der Waals surface area contributed by atoms with Crippen molar-refractivity contribution in [2.75, 3.05) is 5.73 Å². The molecule has 6 N–H and O–H groups in total. The highest BCUT2D eigenvalue weighted by Crippen LogP contribution is 2.33. The summed E-state index contributed by atoms with van der Waals surface area (Å²) in [5, 5.41) is 19.9. The number of carbonyl (C=O) groups is 2. The predicted octanol–water partition coefficient (Wildman–Crippen LogP) is 3.66. The first-order valence-electron chi connectivity index (χ1n) is 11.1. The molecule has 7 nitrogen and oxygen atoms in total. The van der Waals surface area contributed by atoms with Crippen LogP contribution in [0, 0.1) is 5.41 Å². The molecule has 0 bridgehead atoms. The third kappa shape index (κ3) is 7.22. The van der Waals surface area contributed by atoms with E-state index in [0.29, 0.717) is 29.7 Å². The van der Waals surface area contributed by atoms with Crippen LogP contribution in [0.2, 0.25) is 0 Å². The minimum Gasteiger partial charge on any atom is -0.508 e.